The molecule has 0 bridgehead atoms. The minimum absolute atomic E-state index is 0.175. The molecule has 90 valence electrons. The number of nitrogens with two attached hydrogens (primary N) is 1. The highest BCUT2D eigenvalue weighted by atomic mass is 32.1. The van der Waals surface area contributed by atoms with Gasteiger partial charge < -0.3 is 0 Å². The van der Waals surface area contributed by atoms with Gasteiger partial charge in [0, 0.05) is 12.2 Å². The summed E-state index contributed by atoms with van der Waals surface area (Å²) in [5.41, 5.74) is 5.08. The SMILES string of the molecule is C=CCCCC(NN)c1cnc2ccsc2c1. The molecular formula is C13H17N3S. The lowest BCUT2D eigenvalue weighted by atomic mass is 10.0. The Morgan fingerprint density at radius 1 is 1.59 bits per heavy atom. The van der Waals surface area contributed by atoms with Crippen molar-refractivity contribution in [2.75, 3.05) is 0 Å². The van der Waals surface area contributed by atoms with Crippen molar-refractivity contribution in [2.24, 2.45) is 5.84 Å². The molecule has 4 heteroatoms. The Labute approximate surface area is 105 Å². The molecule has 0 amide bonds. The van der Waals surface area contributed by atoms with Gasteiger partial charge in [0.25, 0.3) is 0 Å². The highest BCUT2D eigenvalue weighted by Gasteiger charge is 2.10. The maximum Gasteiger partial charge on any atom is 0.0809 e. The average molecular weight is 247 g/mol. The first-order valence-electron chi connectivity index (χ1n) is 5.75. The zero-order chi connectivity index (χ0) is 12.1. The fourth-order valence-corrected chi connectivity index (χ4v) is 2.65. The minimum atomic E-state index is 0.175. The van der Waals surface area contributed by atoms with Gasteiger partial charge in [0.05, 0.1) is 10.2 Å². The highest BCUT2D eigenvalue weighted by Crippen LogP contribution is 2.24. The van der Waals surface area contributed by atoms with Crippen LogP contribution in [0.4, 0.5) is 0 Å². The molecule has 2 aromatic heterocycles. The van der Waals surface area contributed by atoms with E-state index in [0.717, 1.165) is 30.3 Å². The quantitative estimate of drug-likeness (QED) is 0.357. The number of allylic oxidation sites excluding steroid dienone is 1. The third-order valence-corrected chi connectivity index (χ3v) is 3.68. The molecule has 0 saturated heterocycles. The lowest BCUT2D eigenvalue weighted by Gasteiger charge is -2.15. The van der Waals surface area contributed by atoms with Crippen molar-refractivity contribution in [1.29, 1.82) is 0 Å². The summed E-state index contributed by atoms with van der Waals surface area (Å²) in [7, 11) is 0. The summed E-state index contributed by atoms with van der Waals surface area (Å²) in [6.07, 6.45) is 6.95. The van der Waals surface area contributed by atoms with Gasteiger partial charge in [-0.25, -0.2) is 0 Å². The molecule has 3 N–H and O–H groups in total. The van der Waals surface area contributed by atoms with E-state index in [2.05, 4.69) is 28.4 Å². The van der Waals surface area contributed by atoms with Gasteiger partial charge in [-0.1, -0.05) is 6.08 Å². The van der Waals surface area contributed by atoms with Crippen LogP contribution in [0.5, 0.6) is 0 Å². The molecule has 0 spiro atoms. The van der Waals surface area contributed by atoms with Crippen LogP contribution in [0.25, 0.3) is 10.2 Å². The third-order valence-electron chi connectivity index (χ3n) is 2.83. The molecule has 0 aliphatic carbocycles. The second-order valence-corrected chi connectivity index (χ2v) is 4.96. The van der Waals surface area contributed by atoms with E-state index in [4.69, 9.17) is 5.84 Å². The lowest BCUT2D eigenvalue weighted by molar-refractivity contribution is 0.500. The zero-order valence-electron chi connectivity index (χ0n) is 9.73. The molecule has 2 heterocycles. The van der Waals surface area contributed by atoms with E-state index in [1.54, 1.807) is 11.3 Å². The van der Waals surface area contributed by atoms with E-state index >= 15 is 0 Å². The zero-order valence-corrected chi connectivity index (χ0v) is 10.5. The minimum Gasteiger partial charge on any atom is -0.271 e. The van der Waals surface area contributed by atoms with E-state index in [0.29, 0.717) is 0 Å². The van der Waals surface area contributed by atoms with E-state index in [9.17, 15) is 0 Å². The van der Waals surface area contributed by atoms with Gasteiger partial charge in [-0.05, 0) is 42.3 Å². The van der Waals surface area contributed by atoms with Gasteiger partial charge in [-0.15, -0.1) is 17.9 Å². The fourth-order valence-electron chi connectivity index (χ4n) is 1.86. The summed E-state index contributed by atoms with van der Waals surface area (Å²) in [6, 6.07) is 4.38. The second-order valence-electron chi connectivity index (χ2n) is 4.01. The molecular weight excluding hydrogens is 230 g/mol. The third kappa shape index (κ3) is 2.91. The predicted molar refractivity (Wildman–Crippen MR) is 73.7 cm³/mol. The van der Waals surface area contributed by atoms with E-state index in [1.807, 2.05) is 18.3 Å². The molecule has 1 unspecified atom stereocenters. The summed E-state index contributed by atoms with van der Waals surface area (Å²) in [5.74, 6) is 5.61. The molecule has 3 nitrogen and oxygen atoms in total. The number of hydrazine groups is 1. The maximum absolute atomic E-state index is 5.61. The summed E-state index contributed by atoms with van der Waals surface area (Å²) in [6.45, 7) is 3.73. The van der Waals surface area contributed by atoms with Crippen molar-refractivity contribution >= 4 is 21.6 Å². The number of nitrogens with one attached hydrogen (secondary N) is 1. The van der Waals surface area contributed by atoms with Crippen LogP contribution in [0.15, 0.2) is 36.4 Å². The number of hydrogen-bond donors (Lipinski definition) is 2. The van der Waals surface area contributed by atoms with Crippen LogP contribution in [0, 0.1) is 0 Å². The fraction of sp³-hybridized carbons (Fsp3) is 0.308. The maximum atomic E-state index is 5.61. The molecule has 0 aliphatic heterocycles. The van der Waals surface area contributed by atoms with Crippen molar-refractivity contribution in [3.05, 3.63) is 41.9 Å². The first kappa shape index (κ1) is 12.2. The number of rotatable bonds is 6. The molecule has 0 aromatic carbocycles. The normalized spacial score (nSPS) is 12.8. The van der Waals surface area contributed by atoms with E-state index < -0.39 is 0 Å². The second kappa shape index (κ2) is 5.91. The van der Waals surface area contributed by atoms with Gasteiger partial charge in [-0.3, -0.25) is 16.3 Å². The molecule has 0 aliphatic rings. The Bertz CT molecular complexity index is 492. The van der Waals surface area contributed by atoms with Crippen molar-refractivity contribution in [3.8, 4) is 0 Å². The van der Waals surface area contributed by atoms with Crippen molar-refractivity contribution in [1.82, 2.24) is 10.4 Å². The van der Waals surface area contributed by atoms with Crippen LogP contribution >= 0.6 is 11.3 Å². The van der Waals surface area contributed by atoms with Crippen molar-refractivity contribution in [3.63, 3.8) is 0 Å². The number of thiophene rings is 1. The summed E-state index contributed by atoms with van der Waals surface area (Å²) in [5, 5.41) is 2.06. The molecule has 0 radical (unpaired) electrons. The van der Waals surface area contributed by atoms with Crippen LogP contribution in [-0.2, 0) is 0 Å². The van der Waals surface area contributed by atoms with Crippen LogP contribution < -0.4 is 11.3 Å². The Morgan fingerprint density at radius 3 is 3.24 bits per heavy atom. The summed E-state index contributed by atoms with van der Waals surface area (Å²) >= 11 is 1.71. The smallest absolute Gasteiger partial charge is 0.0809 e. The Morgan fingerprint density at radius 2 is 2.47 bits per heavy atom. The van der Waals surface area contributed by atoms with Gasteiger partial charge in [0.2, 0.25) is 0 Å². The first-order chi connectivity index (χ1) is 8.35. The van der Waals surface area contributed by atoms with Gasteiger partial charge in [0.1, 0.15) is 0 Å². The van der Waals surface area contributed by atoms with Crippen molar-refractivity contribution in [2.45, 2.75) is 25.3 Å². The summed E-state index contributed by atoms with van der Waals surface area (Å²) in [4.78, 5) is 4.43. The van der Waals surface area contributed by atoms with Crippen LogP contribution in [-0.4, -0.2) is 4.98 Å². The Balaban J connectivity index is 2.14. The standard InChI is InChI=1S/C13H17N3S/c1-2-3-4-5-11(16-14)10-8-13-12(15-9-10)6-7-17-13/h2,6-9,11,16H,1,3-5,14H2. The number of hydrogen-bond acceptors (Lipinski definition) is 4. The molecule has 1 atom stereocenters. The number of pyridine rings is 1. The monoisotopic (exact) mass is 247 g/mol. The Kier molecular flexibility index (Phi) is 4.25. The largest absolute Gasteiger partial charge is 0.271 e. The van der Waals surface area contributed by atoms with E-state index in [1.165, 1.54) is 4.70 Å². The van der Waals surface area contributed by atoms with Crippen LogP contribution in [0.2, 0.25) is 0 Å². The number of unbranched alkanes of at least 4 members (excludes halogenated alkanes) is 1. The predicted octanol–water partition coefficient (Wildman–Crippen LogP) is 3.16. The molecule has 0 saturated carbocycles. The topological polar surface area (TPSA) is 50.9 Å². The van der Waals surface area contributed by atoms with Gasteiger partial charge in [0.15, 0.2) is 0 Å². The molecule has 0 fully saturated rings. The van der Waals surface area contributed by atoms with Crippen molar-refractivity contribution < 1.29 is 0 Å². The van der Waals surface area contributed by atoms with Crippen LogP contribution in [0.1, 0.15) is 30.9 Å². The van der Waals surface area contributed by atoms with Crippen LogP contribution in [0.3, 0.4) is 0 Å². The molecule has 2 rings (SSSR count). The number of fused-ring (bicyclic) bond motifs is 1. The van der Waals surface area contributed by atoms with E-state index in [-0.39, 0.29) is 6.04 Å². The molecule has 2 aromatic rings. The summed E-state index contributed by atoms with van der Waals surface area (Å²) < 4.78 is 1.21. The molecule has 17 heavy (non-hydrogen) atoms. The highest BCUT2D eigenvalue weighted by molar-refractivity contribution is 7.17. The number of aromatic nitrogens is 1. The van der Waals surface area contributed by atoms with Gasteiger partial charge in [-0.2, -0.15) is 0 Å². The number of nitrogens with zero attached hydrogens (tertiary/aromatic N) is 1. The van der Waals surface area contributed by atoms with Gasteiger partial charge >= 0.3 is 0 Å². The average Bonchev–Trinajstić information content (AvgIpc) is 2.82. The first-order valence-corrected chi connectivity index (χ1v) is 6.63. The Hall–Kier alpha value is -1.23. The lowest BCUT2D eigenvalue weighted by Crippen LogP contribution is -2.28.